The van der Waals surface area contributed by atoms with E-state index in [9.17, 15) is 4.79 Å². The summed E-state index contributed by atoms with van der Waals surface area (Å²) in [7, 11) is 1.61. The molecule has 6 nitrogen and oxygen atoms in total. The zero-order valence-corrected chi connectivity index (χ0v) is 23.0. The summed E-state index contributed by atoms with van der Waals surface area (Å²) in [6.45, 7) is 6.71. The molecular weight excluding hydrogens is 552 g/mol. The van der Waals surface area contributed by atoms with E-state index in [0.717, 1.165) is 32.6 Å². The van der Waals surface area contributed by atoms with E-state index in [4.69, 9.17) is 14.2 Å². The van der Waals surface area contributed by atoms with Crippen molar-refractivity contribution in [2.45, 2.75) is 20.0 Å². The van der Waals surface area contributed by atoms with Gasteiger partial charge in [-0.15, -0.1) is 6.58 Å². The Hall–Kier alpha value is -3.49. The van der Waals surface area contributed by atoms with Gasteiger partial charge in [-0.3, -0.25) is 4.79 Å². The molecule has 3 aromatic rings. The van der Waals surface area contributed by atoms with Crippen LogP contribution in [-0.2, 0) is 17.8 Å². The number of methoxy groups -OCH3 is 1. The highest BCUT2D eigenvalue weighted by Gasteiger charge is 2.24. The second-order valence-electron chi connectivity index (χ2n) is 8.03. The molecule has 1 aliphatic heterocycles. The highest BCUT2D eigenvalue weighted by Crippen LogP contribution is 2.37. The number of halogens is 1. The van der Waals surface area contributed by atoms with Gasteiger partial charge in [-0.25, -0.2) is 4.99 Å². The van der Waals surface area contributed by atoms with Crippen molar-refractivity contribution in [1.29, 1.82) is 0 Å². The van der Waals surface area contributed by atoms with Gasteiger partial charge < -0.3 is 19.5 Å². The van der Waals surface area contributed by atoms with Crippen LogP contribution in [0.3, 0.4) is 0 Å². The highest BCUT2D eigenvalue weighted by atomic mass is 79.9. The fourth-order valence-corrected chi connectivity index (χ4v) is 4.75. The fourth-order valence-electron chi connectivity index (χ4n) is 3.64. The number of amidine groups is 1. The summed E-state index contributed by atoms with van der Waals surface area (Å²) >= 11 is 4.75. The average Bonchev–Trinajstić information content (AvgIpc) is 3.23. The minimum atomic E-state index is -0.198. The molecule has 0 spiro atoms. The minimum Gasteiger partial charge on any atom is -0.497 e. The molecule has 0 aliphatic carbocycles. The van der Waals surface area contributed by atoms with Gasteiger partial charge in [0.2, 0.25) is 0 Å². The molecule has 1 aliphatic rings. The van der Waals surface area contributed by atoms with Gasteiger partial charge in [0.1, 0.15) is 12.4 Å². The maximum atomic E-state index is 12.7. The number of allylic oxidation sites excluding steroid dienone is 1. The van der Waals surface area contributed by atoms with E-state index < -0.39 is 0 Å². The number of thioether (sulfide) groups is 1. The molecule has 0 unspecified atom stereocenters. The zero-order valence-electron chi connectivity index (χ0n) is 20.6. The van der Waals surface area contributed by atoms with Gasteiger partial charge in [-0.05, 0) is 90.8 Å². The third-order valence-electron chi connectivity index (χ3n) is 5.37. The monoisotopic (exact) mass is 578 g/mol. The van der Waals surface area contributed by atoms with Crippen LogP contribution in [0.5, 0.6) is 17.2 Å². The predicted octanol–water partition coefficient (Wildman–Crippen LogP) is 7.06. The molecule has 0 saturated carbocycles. The topological polar surface area (TPSA) is 69.2 Å². The Balaban J connectivity index is 1.59. The van der Waals surface area contributed by atoms with Crippen LogP contribution in [0, 0.1) is 0 Å². The van der Waals surface area contributed by atoms with Crippen LogP contribution in [0.4, 0.5) is 5.69 Å². The molecule has 4 rings (SSSR count). The molecule has 1 saturated heterocycles. The van der Waals surface area contributed by atoms with E-state index in [2.05, 4.69) is 32.8 Å². The predicted molar refractivity (Wildman–Crippen MR) is 154 cm³/mol. The molecule has 0 aromatic heterocycles. The van der Waals surface area contributed by atoms with Crippen LogP contribution >= 0.6 is 27.7 Å². The molecule has 1 fully saturated rings. The molecule has 0 atom stereocenters. The number of hydrogen-bond donors (Lipinski definition) is 1. The molecule has 1 N–H and O–H groups in total. The van der Waals surface area contributed by atoms with Crippen molar-refractivity contribution in [2.75, 3.05) is 13.7 Å². The Bertz CT molecular complexity index is 1340. The van der Waals surface area contributed by atoms with Crippen molar-refractivity contribution in [2.24, 2.45) is 4.99 Å². The molecule has 1 heterocycles. The first-order valence-corrected chi connectivity index (χ1v) is 13.3. The van der Waals surface area contributed by atoms with Gasteiger partial charge in [0.15, 0.2) is 16.7 Å². The number of ether oxygens (including phenoxy) is 3. The maximum Gasteiger partial charge on any atom is 0.264 e. The SMILES string of the molecule is C=CCc1cc(/C=C2/SC(=Nc3ccc(OC)cc3)NC2=O)cc(OCC)c1OCc1ccc(Br)cc1. The average molecular weight is 580 g/mol. The second-order valence-corrected chi connectivity index (χ2v) is 9.97. The normalized spacial score (nSPS) is 15.1. The van der Waals surface area contributed by atoms with Gasteiger partial charge in [0, 0.05) is 10.0 Å². The largest absolute Gasteiger partial charge is 0.497 e. The van der Waals surface area contributed by atoms with Gasteiger partial charge in [-0.1, -0.05) is 34.1 Å². The molecular formula is C29H27BrN2O4S. The summed E-state index contributed by atoms with van der Waals surface area (Å²) in [6.07, 6.45) is 4.26. The van der Waals surface area contributed by atoms with Gasteiger partial charge in [-0.2, -0.15) is 0 Å². The van der Waals surface area contributed by atoms with Crippen molar-refractivity contribution in [3.8, 4) is 17.2 Å². The minimum absolute atomic E-state index is 0.198. The van der Waals surface area contributed by atoms with Crippen molar-refractivity contribution in [3.05, 3.63) is 99.4 Å². The van der Waals surface area contributed by atoms with Crippen LogP contribution in [0.25, 0.3) is 6.08 Å². The molecule has 37 heavy (non-hydrogen) atoms. The van der Waals surface area contributed by atoms with Crippen LogP contribution < -0.4 is 19.5 Å². The van der Waals surface area contributed by atoms with Crippen molar-refractivity contribution < 1.29 is 19.0 Å². The number of nitrogens with zero attached hydrogens (tertiary/aromatic N) is 1. The number of benzene rings is 3. The summed E-state index contributed by atoms with van der Waals surface area (Å²) in [6, 6.07) is 19.2. The lowest BCUT2D eigenvalue weighted by atomic mass is 10.0. The number of hydrogen-bond acceptors (Lipinski definition) is 6. The molecule has 0 bridgehead atoms. The van der Waals surface area contributed by atoms with E-state index in [-0.39, 0.29) is 5.91 Å². The summed E-state index contributed by atoms with van der Waals surface area (Å²) in [5, 5.41) is 3.35. The van der Waals surface area contributed by atoms with Crippen molar-refractivity contribution in [1.82, 2.24) is 5.32 Å². The molecule has 1 amide bonds. The van der Waals surface area contributed by atoms with Crippen molar-refractivity contribution in [3.63, 3.8) is 0 Å². The second kappa shape index (κ2) is 12.7. The molecule has 3 aromatic carbocycles. The maximum absolute atomic E-state index is 12.7. The van der Waals surface area contributed by atoms with E-state index in [1.165, 1.54) is 11.8 Å². The molecule has 190 valence electrons. The van der Waals surface area contributed by atoms with E-state index in [1.54, 1.807) is 7.11 Å². The molecule has 8 heteroatoms. The van der Waals surface area contributed by atoms with E-state index in [1.807, 2.05) is 79.7 Å². The highest BCUT2D eigenvalue weighted by molar-refractivity contribution is 9.10. The number of aliphatic imine (C=N–C) groups is 1. The van der Waals surface area contributed by atoms with Crippen LogP contribution in [0.1, 0.15) is 23.6 Å². The lowest BCUT2D eigenvalue weighted by molar-refractivity contribution is -0.115. The lowest BCUT2D eigenvalue weighted by Gasteiger charge is -2.17. The van der Waals surface area contributed by atoms with Crippen LogP contribution in [0.15, 0.2) is 87.7 Å². The number of carbonyl (C=O) groups is 1. The third-order valence-corrected chi connectivity index (χ3v) is 6.80. The van der Waals surface area contributed by atoms with Crippen LogP contribution in [0.2, 0.25) is 0 Å². The summed E-state index contributed by atoms with van der Waals surface area (Å²) in [5.74, 6) is 1.85. The number of amides is 1. The number of carbonyl (C=O) groups excluding carboxylic acids is 1. The number of nitrogens with one attached hydrogen (secondary N) is 1. The van der Waals surface area contributed by atoms with E-state index in [0.29, 0.717) is 41.2 Å². The van der Waals surface area contributed by atoms with Crippen LogP contribution in [-0.4, -0.2) is 24.8 Å². The zero-order chi connectivity index (χ0) is 26.2. The van der Waals surface area contributed by atoms with Gasteiger partial charge in [0.25, 0.3) is 5.91 Å². The van der Waals surface area contributed by atoms with Crippen molar-refractivity contribution >= 4 is 50.5 Å². The first-order valence-electron chi connectivity index (χ1n) is 11.7. The Morgan fingerprint density at radius 1 is 1.08 bits per heavy atom. The summed E-state index contributed by atoms with van der Waals surface area (Å²) < 4.78 is 18.4. The lowest BCUT2D eigenvalue weighted by Crippen LogP contribution is -2.19. The summed E-state index contributed by atoms with van der Waals surface area (Å²) in [5.41, 5.74) is 3.54. The quantitative estimate of drug-likeness (QED) is 0.206. The van der Waals surface area contributed by atoms with E-state index >= 15 is 0 Å². The Kier molecular flexibility index (Phi) is 9.09. The Labute approximate surface area is 229 Å². The van der Waals surface area contributed by atoms with Gasteiger partial charge in [0.05, 0.1) is 24.3 Å². The standard InChI is InChI=1S/C29H27BrN2O4S/c1-4-6-21-15-20(16-25(35-5-2)27(21)36-18-19-7-9-22(30)10-8-19)17-26-28(33)32-29(37-26)31-23-11-13-24(34-3)14-12-23/h4,7-17H,1,5-6,18H2,2-3H3,(H,31,32,33)/b26-17+. The third kappa shape index (κ3) is 7.05. The fraction of sp³-hybridized carbons (Fsp3) is 0.172. The number of rotatable bonds is 10. The van der Waals surface area contributed by atoms with Gasteiger partial charge >= 0.3 is 0 Å². The smallest absolute Gasteiger partial charge is 0.264 e. The Morgan fingerprint density at radius 2 is 1.84 bits per heavy atom. The summed E-state index contributed by atoms with van der Waals surface area (Å²) in [4.78, 5) is 17.8. The molecule has 0 radical (unpaired) electrons. The first kappa shape index (κ1) is 26.6. The Morgan fingerprint density at radius 3 is 2.51 bits per heavy atom. The first-order chi connectivity index (χ1) is 18.0.